The molecule has 1 unspecified atom stereocenters. The zero-order valence-corrected chi connectivity index (χ0v) is 12.1. The summed E-state index contributed by atoms with van der Waals surface area (Å²) in [4.78, 5) is 13.7. The first-order valence-corrected chi connectivity index (χ1v) is 7.39. The van der Waals surface area contributed by atoms with Gasteiger partial charge in [0, 0.05) is 32.0 Å². The Kier molecular flexibility index (Phi) is 4.71. The van der Waals surface area contributed by atoms with Crippen LogP contribution in [0.1, 0.15) is 25.3 Å². The number of nitrogens with one attached hydrogen (secondary N) is 1. The van der Waals surface area contributed by atoms with Crippen LogP contribution in [-0.4, -0.2) is 45.9 Å². The molecule has 7 heteroatoms. The summed E-state index contributed by atoms with van der Waals surface area (Å²) in [6.07, 6.45) is 1.74. The number of aliphatic hydroxyl groups is 1. The van der Waals surface area contributed by atoms with E-state index in [0.29, 0.717) is 24.1 Å². The van der Waals surface area contributed by atoms with Crippen LogP contribution >= 0.6 is 11.3 Å². The molecule has 2 rings (SSSR count). The standard InChI is InChI=1S/C12H20N4O2S/c1-8(2)5-10-14-15-11(19-10)13-12(18)16-4-3-9(6-16)7-17/h8-9,17H,3-7H2,1-2H3,(H,13,15,18). The first-order chi connectivity index (χ1) is 9.08. The summed E-state index contributed by atoms with van der Waals surface area (Å²) in [6, 6.07) is -0.150. The lowest BCUT2D eigenvalue weighted by Gasteiger charge is -2.15. The van der Waals surface area contributed by atoms with Crippen LogP contribution in [-0.2, 0) is 6.42 Å². The van der Waals surface area contributed by atoms with Gasteiger partial charge in [0.2, 0.25) is 5.13 Å². The molecule has 2 N–H and O–H groups in total. The lowest BCUT2D eigenvalue weighted by Crippen LogP contribution is -2.33. The molecule has 0 spiro atoms. The van der Waals surface area contributed by atoms with Gasteiger partial charge in [-0.2, -0.15) is 0 Å². The van der Waals surface area contributed by atoms with E-state index < -0.39 is 0 Å². The van der Waals surface area contributed by atoms with Gasteiger partial charge in [-0.15, -0.1) is 10.2 Å². The Morgan fingerprint density at radius 2 is 2.37 bits per heavy atom. The molecule has 106 valence electrons. The van der Waals surface area contributed by atoms with Crippen molar-refractivity contribution in [3.05, 3.63) is 5.01 Å². The monoisotopic (exact) mass is 284 g/mol. The van der Waals surface area contributed by atoms with Gasteiger partial charge in [0.05, 0.1) is 0 Å². The fourth-order valence-corrected chi connectivity index (χ4v) is 3.01. The third-order valence-electron chi connectivity index (χ3n) is 3.09. The maximum absolute atomic E-state index is 12.0. The zero-order chi connectivity index (χ0) is 13.8. The molecular formula is C12H20N4O2S. The van der Waals surface area contributed by atoms with Crippen molar-refractivity contribution in [1.29, 1.82) is 0 Å². The molecule has 1 atom stereocenters. The second-order valence-electron chi connectivity index (χ2n) is 5.31. The minimum Gasteiger partial charge on any atom is -0.396 e. The Hall–Kier alpha value is -1.21. The smallest absolute Gasteiger partial charge is 0.323 e. The lowest BCUT2D eigenvalue weighted by atomic mass is 10.1. The van der Waals surface area contributed by atoms with Gasteiger partial charge in [0.1, 0.15) is 5.01 Å². The first-order valence-electron chi connectivity index (χ1n) is 6.57. The minimum absolute atomic E-state index is 0.140. The normalized spacial score (nSPS) is 19.2. The Morgan fingerprint density at radius 1 is 1.58 bits per heavy atom. The molecule has 0 saturated carbocycles. The van der Waals surface area contributed by atoms with Crippen molar-refractivity contribution in [1.82, 2.24) is 15.1 Å². The molecule has 19 heavy (non-hydrogen) atoms. The predicted molar refractivity (Wildman–Crippen MR) is 74.2 cm³/mol. The highest BCUT2D eigenvalue weighted by Crippen LogP contribution is 2.20. The number of carbonyl (C=O) groups excluding carboxylic acids is 1. The molecule has 1 aromatic rings. The second kappa shape index (κ2) is 6.29. The molecular weight excluding hydrogens is 264 g/mol. The fraction of sp³-hybridized carbons (Fsp3) is 0.750. The van der Waals surface area contributed by atoms with Crippen molar-refractivity contribution in [3.8, 4) is 0 Å². The number of anilines is 1. The van der Waals surface area contributed by atoms with Crippen LogP contribution in [0.5, 0.6) is 0 Å². The van der Waals surface area contributed by atoms with E-state index in [1.54, 1.807) is 4.90 Å². The quantitative estimate of drug-likeness (QED) is 0.880. The molecule has 1 saturated heterocycles. The summed E-state index contributed by atoms with van der Waals surface area (Å²) < 4.78 is 0. The average Bonchev–Trinajstić information content (AvgIpc) is 2.97. The van der Waals surface area contributed by atoms with Crippen molar-refractivity contribution in [2.45, 2.75) is 26.7 Å². The SMILES string of the molecule is CC(C)Cc1nnc(NC(=O)N2CCC(CO)C2)s1. The van der Waals surface area contributed by atoms with Crippen LogP contribution in [0.15, 0.2) is 0 Å². The Morgan fingerprint density at radius 3 is 3.00 bits per heavy atom. The number of nitrogens with zero attached hydrogens (tertiary/aromatic N) is 3. The van der Waals surface area contributed by atoms with E-state index in [2.05, 4.69) is 29.4 Å². The van der Waals surface area contributed by atoms with Crippen LogP contribution in [0.3, 0.4) is 0 Å². The number of hydrogen-bond acceptors (Lipinski definition) is 5. The molecule has 1 aliphatic rings. The molecule has 1 aromatic heterocycles. The molecule has 1 aliphatic heterocycles. The van der Waals surface area contributed by atoms with E-state index in [4.69, 9.17) is 5.11 Å². The van der Waals surface area contributed by atoms with Gasteiger partial charge < -0.3 is 10.0 Å². The summed E-state index contributed by atoms with van der Waals surface area (Å²) in [6.45, 7) is 5.69. The van der Waals surface area contributed by atoms with E-state index in [-0.39, 0.29) is 18.6 Å². The lowest BCUT2D eigenvalue weighted by molar-refractivity contribution is 0.208. The van der Waals surface area contributed by atoms with Crippen LogP contribution in [0.25, 0.3) is 0 Å². The topological polar surface area (TPSA) is 78.4 Å². The third kappa shape index (κ3) is 3.87. The van der Waals surface area contributed by atoms with Crippen molar-refractivity contribution < 1.29 is 9.90 Å². The number of aromatic nitrogens is 2. The van der Waals surface area contributed by atoms with Crippen molar-refractivity contribution in [3.63, 3.8) is 0 Å². The molecule has 6 nitrogen and oxygen atoms in total. The highest BCUT2D eigenvalue weighted by molar-refractivity contribution is 7.15. The zero-order valence-electron chi connectivity index (χ0n) is 11.3. The Labute approximate surface area is 116 Å². The van der Waals surface area contributed by atoms with E-state index in [1.165, 1.54) is 11.3 Å². The van der Waals surface area contributed by atoms with Gasteiger partial charge in [-0.25, -0.2) is 4.79 Å². The average molecular weight is 284 g/mol. The summed E-state index contributed by atoms with van der Waals surface area (Å²) in [5.74, 6) is 0.733. The Bertz CT molecular complexity index is 435. The summed E-state index contributed by atoms with van der Waals surface area (Å²) in [5.41, 5.74) is 0. The van der Waals surface area contributed by atoms with Crippen LogP contribution in [0, 0.1) is 11.8 Å². The number of carbonyl (C=O) groups is 1. The number of aliphatic hydroxyl groups excluding tert-OH is 1. The van der Waals surface area contributed by atoms with E-state index in [0.717, 1.165) is 17.8 Å². The maximum Gasteiger partial charge on any atom is 0.323 e. The summed E-state index contributed by atoms with van der Waals surface area (Å²) in [5, 5.41) is 21.4. The predicted octanol–water partition coefficient (Wildman–Crippen LogP) is 1.58. The van der Waals surface area contributed by atoms with Gasteiger partial charge in [0.15, 0.2) is 0 Å². The van der Waals surface area contributed by atoms with Crippen molar-refractivity contribution in [2.24, 2.45) is 11.8 Å². The number of amides is 2. The Balaban J connectivity index is 1.87. The molecule has 2 amide bonds. The van der Waals surface area contributed by atoms with Crippen molar-refractivity contribution >= 4 is 22.5 Å². The molecule has 0 aromatic carbocycles. The van der Waals surface area contributed by atoms with Gasteiger partial charge >= 0.3 is 6.03 Å². The summed E-state index contributed by atoms with van der Waals surface area (Å²) >= 11 is 1.42. The van der Waals surface area contributed by atoms with Gasteiger partial charge in [-0.3, -0.25) is 5.32 Å². The molecule has 2 heterocycles. The van der Waals surface area contributed by atoms with E-state index in [1.807, 2.05) is 0 Å². The number of hydrogen-bond donors (Lipinski definition) is 2. The van der Waals surface area contributed by atoms with Crippen LogP contribution in [0.2, 0.25) is 0 Å². The molecule has 1 fully saturated rings. The highest BCUT2D eigenvalue weighted by atomic mass is 32.1. The van der Waals surface area contributed by atoms with Crippen molar-refractivity contribution in [2.75, 3.05) is 25.0 Å². The molecule has 0 bridgehead atoms. The third-order valence-corrected chi connectivity index (χ3v) is 3.96. The van der Waals surface area contributed by atoms with Gasteiger partial charge in [-0.1, -0.05) is 25.2 Å². The molecule has 0 radical (unpaired) electrons. The maximum atomic E-state index is 12.0. The highest BCUT2D eigenvalue weighted by Gasteiger charge is 2.26. The van der Waals surface area contributed by atoms with Crippen LogP contribution < -0.4 is 5.32 Å². The number of rotatable bonds is 4. The molecule has 0 aliphatic carbocycles. The van der Waals surface area contributed by atoms with Gasteiger partial charge in [-0.05, 0) is 12.3 Å². The number of likely N-dealkylation sites (tertiary alicyclic amines) is 1. The van der Waals surface area contributed by atoms with E-state index >= 15 is 0 Å². The van der Waals surface area contributed by atoms with E-state index in [9.17, 15) is 4.79 Å². The second-order valence-corrected chi connectivity index (χ2v) is 6.37. The van der Waals surface area contributed by atoms with Crippen LogP contribution in [0.4, 0.5) is 9.93 Å². The van der Waals surface area contributed by atoms with Gasteiger partial charge in [0.25, 0.3) is 0 Å². The summed E-state index contributed by atoms with van der Waals surface area (Å²) in [7, 11) is 0. The largest absolute Gasteiger partial charge is 0.396 e. The fourth-order valence-electron chi connectivity index (χ4n) is 2.07. The first kappa shape index (κ1) is 14.2. The number of urea groups is 1. The minimum atomic E-state index is -0.150.